The molecule has 0 heterocycles. The van der Waals surface area contributed by atoms with Crippen molar-refractivity contribution in [2.75, 3.05) is 19.8 Å². The van der Waals surface area contributed by atoms with Gasteiger partial charge >= 0.3 is 11.9 Å². The van der Waals surface area contributed by atoms with Crippen LogP contribution in [-0.4, -0.2) is 37.9 Å². The molecule has 62 heavy (non-hydrogen) atoms. The second kappa shape index (κ2) is 52.4. The standard InChI is InChI=1S/C57H98O5/c1-4-7-10-13-16-19-22-24-26-28-29-30-31-33-36-38-41-44-47-50-56(58)61-54-55(62-57(59)51-48-45-42-39-35-21-18-15-12-9-6-3)53-60-52-49-46-43-40-37-34-32-27-25-23-20-17-14-11-8-5-2/h7,10,16,19,24-27,29-30,33,36,41,44,55H,4-6,8-9,11-15,17-18,20-23,28,31-32,34-35,37-40,42-43,45-54H2,1-3H3/b10-7-,19-16-,26-24-,27-25-,30-29-,36-33-,44-41-. The van der Waals surface area contributed by atoms with Gasteiger partial charge in [0.05, 0.1) is 6.61 Å². The summed E-state index contributed by atoms with van der Waals surface area (Å²) in [7, 11) is 0. The Kier molecular flexibility index (Phi) is 50.0. The van der Waals surface area contributed by atoms with Gasteiger partial charge in [0.1, 0.15) is 6.61 Å². The van der Waals surface area contributed by atoms with Crippen LogP contribution in [0.5, 0.6) is 0 Å². The number of carbonyl (C=O) groups is 2. The fourth-order valence-electron chi connectivity index (χ4n) is 7.06. The minimum absolute atomic E-state index is 0.0417. The zero-order valence-electron chi connectivity index (χ0n) is 40.9. The number of allylic oxidation sites excluding steroid dienone is 14. The minimum Gasteiger partial charge on any atom is -0.462 e. The van der Waals surface area contributed by atoms with E-state index in [0.29, 0.717) is 25.9 Å². The van der Waals surface area contributed by atoms with Crippen LogP contribution < -0.4 is 0 Å². The van der Waals surface area contributed by atoms with E-state index in [4.69, 9.17) is 14.2 Å². The molecule has 0 spiro atoms. The average Bonchev–Trinajstić information content (AvgIpc) is 3.27. The largest absolute Gasteiger partial charge is 0.462 e. The molecule has 0 aliphatic carbocycles. The van der Waals surface area contributed by atoms with E-state index in [-0.39, 0.29) is 25.2 Å². The molecule has 0 N–H and O–H groups in total. The number of unbranched alkanes of at least 4 members (excludes halogenated alkanes) is 22. The first-order chi connectivity index (χ1) is 30.6. The van der Waals surface area contributed by atoms with Gasteiger partial charge in [-0.25, -0.2) is 0 Å². The first-order valence-corrected chi connectivity index (χ1v) is 26.1. The monoisotopic (exact) mass is 863 g/mol. The number of esters is 2. The molecule has 0 aromatic rings. The summed E-state index contributed by atoms with van der Waals surface area (Å²) >= 11 is 0. The van der Waals surface area contributed by atoms with Crippen molar-refractivity contribution in [2.45, 2.75) is 245 Å². The first-order valence-electron chi connectivity index (χ1n) is 26.1. The summed E-state index contributed by atoms with van der Waals surface area (Å²) in [5.41, 5.74) is 0. The first kappa shape index (κ1) is 59.1. The summed E-state index contributed by atoms with van der Waals surface area (Å²) in [6.07, 6.45) is 68.9. The number of hydrogen-bond donors (Lipinski definition) is 0. The Morgan fingerprint density at radius 2 is 0.758 bits per heavy atom. The molecule has 1 unspecified atom stereocenters. The van der Waals surface area contributed by atoms with E-state index in [1.54, 1.807) is 0 Å². The van der Waals surface area contributed by atoms with E-state index in [2.05, 4.69) is 99.8 Å². The maximum Gasteiger partial charge on any atom is 0.306 e. The number of rotatable bonds is 47. The van der Waals surface area contributed by atoms with Crippen molar-refractivity contribution in [2.24, 2.45) is 0 Å². The maximum atomic E-state index is 12.8. The second-order valence-corrected chi connectivity index (χ2v) is 17.0. The molecule has 0 radical (unpaired) electrons. The lowest BCUT2D eigenvalue weighted by Gasteiger charge is -2.18. The predicted octanol–water partition coefficient (Wildman–Crippen LogP) is 17.7. The third-order valence-electron chi connectivity index (χ3n) is 10.9. The molecular formula is C57H98O5. The van der Waals surface area contributed by atoms with Crippen LogP contribution in [0.4, 0.5) is 0 Å². The van der Waals surface area contributed by atoms with Crippen molar-refractivity contribution in [1.29, 1.82) is 0 Å². The molecule has 0 aromatic heterocycles. The lowest BCUT2D eigenvalue weighted by Crippen LogP contribution is -2.30. The Balaban J connectivity index is 4.36. The molecule has 0 rings (SSSR count). The van der Waals surface area contributed by atoms with Crippen LogP contribution in [0.15, 0.2) is 85.1 Å². The smallest absolute Gasteiger partial charge is 0.306 e. The molecule has 5 heteroatoms. The zero-order chi connectivity index (χ0) is 44.9. The van der Waals surface area contributed by atoms with Crippen molar-refractivity contribution in [3.8, 4) is 0 Å². The van der Waals surface area contributed by atoms with E-state index in [1.165, 1.54) is 135 Å². The van der Waals surface area contributed by atoms with Crippen LogP contribution in [0.25, 0.3) is 0 Å². The molecule has 1 atom stereocenters. The van der Waals surface area contributed by atoms with Gasteiger partial charge in [-0.1, -0.05) is 228 Å². The van der Waals surface area contributed by atoms with E-state index < -0.39 is 6.10 Å². The van der Waals surface area contributed by atoms with Crippen molar-refractivity contribution < 1.29 is 23.8 Å². The summed E-state index contributed by atoms with van der Waals surface area (Å²) in [6, 6.07) is 0. The van der Waals surface area contributed by atoms with Gasteiger partial charge < -0.3 is 14.2 Å². The fraction of sp³-hybridized carbons (Fsp3) is 0.719. The molecule has 0 bridgehead atoms. The fourth-order valence-corrected chi connectivity index (χ4v) is 7.06. The molecule has 0 fully saturated rings. The molecule has 5 nitrogen and oxygen atoms in total. The van der Waals surface area contributed by atoms with E-state index in [1.807, 2.05) is 6.08 Å². The molecule has 0 saturated carbocycles. The highest BCUT2D eigenvalue weighted by atomic mass is 16.6. The van der Waals surface area contributed by atoms with Gasteiger partial charge in [-0.2, -0.15) is 0 Å². The molecule has 0 amide bonds. The van der Waals surface area contributed by atoms with E-state index in [0.717, 1.165) is 64.2 Å². The zero-order valence-corrected chi connectivity index (χ0v) is 40.9. The summed E-state index contributed by atoms with van der Waals surface area (Å²) < 4.78 is 17.3. The molecule has 0 aromatic carbocycles. The Morgan fingerprint density at radius 1 is 0.371 bits per heavy atom. The third-order valence-corrected chi connectivity index (χ3v) is 10.9. The Hall–Kier alpha value is -2.92. The highest BCUT2D eigenvalue weighted by molar-refractivity contribution is 5.70. The van der Waals surface area contributed by atoms with Gasteiger partial charge in [0.2, 0.25) is 0 Å². The lowest BCUT2D eigenvalue weighted by molar-refractivity contribution is -0.162. The molecule has 356 valence electrons. The van der Waals surface area contributed by atoms with Crippen LogP contribution in [0, 0.1) is 0 Å². The summed E-state index contributed by atoms with van der Waals surface area (Å²) in [5.74, 6) is -0.495. The van der Waals surface area contributed by atoms with Gasteiger partial charge in [-0.3, -0.25) is 9.59 Å². The average molecular weight is 863 g/mol. The van der Waals surface area contributed by atoms with Crippen molar-refractivity contribution in [3.05, 3.63) is 85.1 Å². The quantitative estimate of drug-likeness (QED) is 0.0346. The summed E-state index contributed by atoms with van der Waals surface area (Å²) in [4.78, 5) is 25.3. The van der Waals surface area contributed by atoms with Gasteiger partial charge in [-0.05, 0) is 83.5 Å². The van der Waals surface area contributed by atoms with Crippen molar-refractivity contribution in [3.63, 3.8) is 0 Å². The van der Waals surface area contributed by atoms with Crippen LogP contribution in [0.1, 0.15) is 239 Å². The number of carbonyl (C=O) groups excluding carboxylic acids is 2. The SMILES string of the molecule is CC/C=C\C/C=C\C/C=C\C/C=C\C/C=C\C/C=C\CCC(=O)OCC(COCCCCCCCC/C=C\CCCCCCCC)OC(=O)CCCCCCCCCCCCC. The highest BCUT2D eigenvalue weighted by Gasteiger charge is 2.17. The van der Waals surface area contributed by atoms with Gasteiger partial charge in [-0.15, -0.1) is 0 Å². The van der Waals surface area contributed by atoms with Crippen LogP contribution in [0.2, 0.25) is 0 Å². The Labute approximate surface area is 384 Å². The molecule has 0 aliphatic heterocycles. The van der Waals surface area contributed by atoms with E-state index >= 15 is 0 Å². The van der Waals surface area contributed by atoms with Gasteiger partial charge in [0, 0.05) is 19.4 Å². The number of ether oxygens (including phenoxy) is 3. The summed E-state index contributed by atoms with van der Waals surface area (Å²) in [5, 5.41) is 0. The summed E-state index contributed by atoms with van der Waals surface area (Å²) in [6.45, 7) is 7.62. The van der Waals surface area contributed by atoms with Crippen LogP contribution in [-0.2, 0) is 23.8 Å². The van der Waals surface area contributed by atoms with Crippen molar-refractivity contribution in [1.82, 2.24) is 0 Å². The Morgan fingerprint density at radius 3 is 1.23 bits per heavy atom. The topological polar surface area (TPSA) is 61.8 Å². The van der Waals surface area contributed by atoms with Crippen LogP contribution in [0.3, 0.4) is 0 Å². The maximum absolute atomic E-state index is 12.8. The predicted molar refractivity (Wildman–Crippen MR) is 270 cm³/mol. The highest BCUT2D eigenvalue weighted by Crippen LogP contribution is 2.14. The normalized spacial score (nSPS) is 12.9. The minimum atomic E-state index is -0.570. The Bertz CT molecular complexity index is 1160. The number of hydrogen-bond acceptors (Lipinski definition) is 5. The van der Waals surface area contributed by atoms with Crippen LogP contribution >= 0.6 is 0 Å². The van der Waals surface area contributed by atoms with E-state index in [9.17, 15) is 9.59 Å². The molecular weight excluding hydrogens is 765 g/mol. The van der Waals surface area contributed by atoms with Crippen molar-refractivity contribution >= 4 is 11.9 Å². The van der Waals surface area contributed by atoms with Gasteiger partial charge in [0.25, 0.3) is 0 Å². The third kappa shape index (κ3) is 49.7. The second-order valence-electron chi connectivity index (χ2n) is 17.0. The lowest BCUT2D eigenvalue weighted by atomic mass is 10.1. The molecule has 0 aliphatic rings. The molecule has 0 saturated heterocycles. The van der Waals surface area contributed by atoms with Gasteiger partial charge in [0.15, 0.2) is 6.10 Å².